The first-order valence-corrected chi connectivity index (χ1v) is 9.25. The number of imide groups is 1. The second-order valence-electron chi connectivity index (χ2n) is 7.48. The summed E-state index contributed by atoms with van der Waals surface area (Å²) in [4.78, 5) is 43.4. The van der Waals surface area contributed by atoms with Crippen LogP contribution in [0.2, 0.25) is 0 Å². The average Bonchev–Trinajstić information content (AvgIpc) is 3.22. The molecule has 0 fully saturated rings. The molecule has 0 saturated carbocycles. The Kier molecular flexibility index (Phi) is 5.58. The topological polar surface area (TPSA) is 103 Å². The van der Waals surface area contributed by atoms with E-state index in [1.807, 2.05) is 27.7 Å². The van der Waals surface area contributed by atoms with Crippen LogP contribution < -0.4 is 0 Å². The number of hydrogen-bond donors (Lipinski definition) is 0. The molecule has 1 aromatic carbocycles. The second-order valence-corrected chi connectivity index (χ2v) is 7.48. The van der Waals surface area contributed by atoms with E-state index in [1.54, 1.807) is 24.3 Å². The molecule has 1 aliphatic heterocycles. The number of aromatic nitrogens is 2. The third-order valence-corrected chi connectivity index (χ3v) is 4.44. The molecule has 2 aromatic rings. The van der Waals surface area contributed by atoms with E-state index in [1.165, 1.54) is 0 Å². The maximum absolute atomic E-state index is 12.8. The smallest absolute Gasteiger partial charge is 0.329 e. The first kappa shape index (κ1) is 19.7. The van der Waals surface area contributed by atoms with Crippen molar-refractivity contribution in [2.45, 2.75) is 52.7 Å². The summed E-state index contributed by atoms with van der Waals surface area (Å²) in [5.41, 5.74) is 0.597. The van der Waals surface area contributed by atoms with Crippen LogP contribution in [-0.4, -0.2) is 38.9 Å². The zero-order chi connectivity index (χ0) is 20.4. The van der Waals surface area contributed by atoms with Crippen molar-refractivity contribution >= 4 is 17.8 Å². The van der Waals surface area contributed by atoms with Gasteiger partial charge in [0.1, 0.15) is 6.04 Å². The number of rotatable bonds is 7. The zero-order valence-corrected chi connectivity index (χ0v) is 16.3. The highest BCUT2D eigenvalue weighted by Gasteiger charge is 2.43. The summed E-state index contributed by atoms with van der Waals surface area (Å²) in [6, 6.07) is 5.52. The van der Waals surface area contributed by atoms with Crippen molar-refractivity contribution in [2.75, 3.05) is 0 Å². The normalized spacial score (nSPS) is 14.7. The molecule has 8 nitrogen and oxygen atoms in total. The largest absolute Gasteiger partial charge is 0.454 e. The fourth-order valence-corrected chi connectivity index (χ4v) is 3.03. The molecule has 1 aliphatic rings. The summed E-state index contributed by atoms with van der Waals surface area (Å²) >= 11 is 0. The Hall–Kier alpha value is -3.03. The lowest BCUT2D eigenvalue weighted by atomic mass is 10.0. The molecule has 1 aromatic heterocycles. The predicted molar refractivity (Wildman–Crippen MR) is 98.4 cm³/mol. The number of amides is 2. The van der Waals surface area contributed by atoms with Gasteiger partial charge in [-0.3, -0.25) is 14.5 Å². The minimum atomic E-state index is -1.01. The fourth-order valence-electron chi connectivity index (χ4n) is 3.03. The summed E-state index contributed by atoms with van der Waals surface area (Å²) in [5, 5.41) is 3.82. The van der Waals surface area contributed by atoms with Crippen LogP contribution >= 0.6 is 0 Å². The third-order valence-electron chi connectivity index (χ3n) is 4.44. The lowest BCUT2D eigenvalue weighted by Crippen LogP contribution is -2.46. The molecule has 148 valence electrons. The quantitative estimate of drug-likeness (QED) is 0.533. The van der Waals surface area contributed by atoms with Crippen molar-refractivity contribution in [3.8, 4) is 0 Å². The van der Waals surface area contributed by atoms with Crippen molar-refractivity contribution in [3.63, 3.8) is 0 Å². The van der Waals surface area contributed by atoms with E-state index >= 15 is 0 Å². The Morgan fingerprint density at radius 2 is 1.71 bits per heavy atom. The van der Waals surface area contributed by atoms with Crippen LogP contribution in [0.1, 0.15) is 72.5 Å². The van der Waals surface area contributed by atoms with Gasteiger partial charge in [0, 0.05) is 5.92 Å². The predicted octanol–water partition coefficient (Wildman–Crippen LogP) is 2.95. The van der Waals surface area contributed by atoms with Crippen molar-refractivity contribution in [1.82, 2.24) is 15.0 Å². The number of carbonyl (C=O) groups is 3. The molecule has 28 heavy (non-hydrogen) atoms. The number of hydrogen-bond acceptors (Lipinski definition) is 7. The maximum atomic E-state index is 12.8. The Balaban J connectivity index is 1.77. The number of esters is 1. The fraction of sp³-hybridized carbons (Fsp3) is 0.450. The third kappa shape index (κ3) is 3.81. The molecular formula is C20H23N3O5. The van der Waals surface area contributed by atoms with Crippen molar-refractivity contribution < 1.29 is 23.6 Å². The van der Waals surface area contributed by atoms with Crippen LogP contribution in [0.4, 0.5) is 0 Å². The molecule has 0 bridgehead atoms. The Bertz CT molecular complexity index is 868. The van der Waals surface area contributed by atoms with Crippen molar-refractivity contribution in [1.29, 1.82) is 0 Å². The van der Waals surface area contributed by atoms with E-state index in [-0.39, 0.29) is 24.3 Å². The van der Waals surface area contributed by atoms with Gasteiger partial charge in [-0.25, -0.2) is 4.79 Å². The van der Waals surface area contributed by atoms with Gasteiger partial charge in [-0.05, 0) is 24.5 Å². The monoisotopic (exact) mass is 385 g/mol. The van der Waals surface area contributed by atoms with Gasteiger partial charge in [0.2, 0.25) is 0 Å². The number of fused-ring (bicyclic) bond motifs is 1. The van der Waals surface area contributed by atoms with Crippen LogP contribution in [-0.2, 0) is 16.1 Å². The highest BCUT2D eigenvalue weighted by atomic mass is 16.6. The van der Waals surface area contributed by atoms with Gasteiger partial charge in [-0.1, -0.05) is 45.0 Å². The molecular weight excluding hydrogens is 362 g/mol. The van der Waals surface area contributed by atoms with E-state index in [4.69, 9.17) is 9.26 Å². The standard InChI is InChI=1S/C20H23N3O5/c1-11(2)9-15(20(26)27-10-16-21-17(12(3)4)22-28-16)23-18(24)13-7-5-6-8-14(13)19(23)25/h5-8,11-12,15H,9-10H2,1-4H3. The molecule has 0 N–H and O–H groups in total. The number of benzene rings is 1. The van der Waals surface area contributed by atoms with Gasteiger partial charge < -0.3 is 9.26 Å². The van der Waals surface area contributed by atoms with Crippen LogP contribution in [0, 0.1) is 5.92 Å². The number of ether oxygens (including phenoxy) is 1. The van der Waals surface area contributed by atoms with Crippen molar-refractivity contribution in [2.24, 2.45) is 5.92 Å². The van der Waals surface area contributed by atoms with Gasteiger partial charge >= 0.3 is 5.97 Å². The molecule has 1 unspecified atom stereocenters. The molecule has 8 heteroatoms. The van der Waals surface area contributed by atoms with E-state index in [9.17, 15) is 14.4 Å². The minimum absolute atomic E-state index is 0.0674. The average molecular weight is 385 g/mol. The molecule has 3 rings (SSSR count). The highest BCUT2D eigenvalue weighted by Crippen LogP contribution is 2.27. The lowest BCUT2D eigenvalue weighted by molar-refractivity contribution is -0.151. The maximum Gasteiger partial charge on any atom is 0.329 e. The van der Waals surface area contributed by atoms with Crippen LogP contribution in [0.15, 0.2) is 28.8 Å². The van der Waals surface area contributed by atoms with E-state index < -0.39 is 23.8 Å². The second kappa shape index (κ2) is 7.92. The van der Waals surface area contributed by atoms with Gasteiger partial charge in [0.15, 0.2) is 12.4 Å². The van der Waals surface area contributed by atoms with Crippen LogP contribution in [0.3, 0.4) is 0 Å². The molecule has 1 atom stereocenters. The molecule has 2 amide bonds. The van der Waals surface area contributed by atoms with Crippen LogP contribution in [0.25, 0.3) is 0 Å². The number of nitrogens with zero attached hydrogens (tertiary/aromatic N) is 3. The highest BCUT2D eigenvalue weighted by molar-refractivity contribution is 6.22. The first-order valence-electron chi connectivity index (χ1n) is 9.25. The molecule has 0 radical (unpaired) electrons. The molecule has 2 heterocycles. The lowest BCUT2D eigenvalue weighted by Gasteiger charge is -2.25. The Morgan fingerprint density at radius 3 is 2.21 bits per heavy atom. The molecule has 0 aliphatic carbocycles. The summed E-state index contributed by atoms with van der Waals surface area (Å²) in [6.45, 7) is 7.44. The van der Waals surface area contributed by atoms with Crippen molar-refractivity contribution in [3.05, 3.63) is 47.1 Å². The van der Waals surface area contributed by atoms with Gasteiger partial charge in [-0.15, -0.1) is 0 Å². The Labute approximate surface area is 162 Å². The van der Waals surface area contributed by atoms with Gasteiger partial charge in [-0.2, -0.15) is 4.98 Å². The zero-order valence-electron chi connectivity index (χ0n) is 16.3. The van der Waals surface area contributed by atoms with Gasteiger partial charge in [0.25, 0.3) is 17.7 Å². The summed E-state index contributed by atoms with van der Waals surface area (Å²) in [7, 11) is 0. The van der Waals surface area contributed by atoms with Gasteiger partial charge in [0.05, 0.1) is 11.1 Å². The van der Waals surface area contributed by atoms with E-state index in [0.29, 0.717) is 23.4 Å². The minimum Gasteiger partial charge on any atom is -0.454 e. The van der Waals surface area contributed by atoms with E-state index in [0.717, 1.165) is 4.90 Å². The first-order chi connectivity index (χ1) is 13.3. The van der Waals surface area contributed by atoms with Crippen LogP contribution in [0.5, 0.6) is 0 Å². The number of carbonyl (C=O) groups excluding carboxylic acids is 3. The molecule has 0 spiro atoms. The SMILES string of the molecule is CC(C)CC(C(=O)OCc1nc(C(C)C)no1)N1C(=O)c2ccccc2C1=O. The Morgan fingerprint density at radius 1 is 1.11 bits per heavy atom. The summed E-state index contributed by atoms with van der Waals surface area (Å²) < 4.78 is 10.4. The summed E-state index contributed by atoms with van der Waals surface area (Å²) in [5.74, 6) is -0.801. The van der Waals surface area contributed by atoms with E-state index in [2.05, 4.69) is 10.1 Å². The summed E-state index contributed by atoms with van der Waals surface area (Å²) in [6.07, 6.45) is 0.297. The molecule has 0 saturated heterocycles.